The number of carbonyl (C=O) groups is 1. The molecule has 5 nitrogen and oxygen atoms in total. The van der Waals surface area contributed by atoms with Crippen LogP contribution in [0.15, 0.2) is 33.4 Å². The van der Waals surface area contributed by atoms with Crippen molar-refractivity contribution in [2.45, 2.75) is 25.8 Å². The number of fused-ring (bicyclic) bond motifs is 1. The van der Waals surface area contributed by atoms with Crippen LogP contribution in [0, 0.1) is 6.92 Å². The molecule has 1 unspecified atom stereocenters. The average Bonchev–Trinajstić information content (AvgIpc) is 2.84. The number of hydrogen-bond acceptors (Lipinski definition) is 4. The highest BCUT2D eigenvalue weighted by atomic mass is 79.9. The fourth-order valence-electron chi connectivity index (χ4n) is 2.95. The molecule has 1 aliphatic heterocycles. The Bertz CT molecular complexity index is 726. The normalized spacial score (nSPS) is 18.0. The van der Waals surface area contributed by atoms with Crippen LogP contribution < -0.4 is 4.90 Å². The standard InChI is InChI=1S/C17H20BrN3O2/c1-11-19-15(10-23-11)17(22)21-9-14(20(2)3)6-4-12-8-13(18)5-7-16(12)21/h5,7-8,10,14H,4,6,9H2,1-3H3. The van der Waals surface area contributed by atoms with E-state index in [-0.39, 0.29) is 5.91 Å². The van der Waals surface area contributed by atoms with Gasteiger partial charge in [-0.2, -0.15) is 0 Å². The number of aromatic nitrogens is 1. The van der Waals surface area contributed by atoms with Crippen LogP contribution in [0.4, 0.5) is 5.69 Å². The second-order valence-electron chi connectivity index (χ2n) is 6.10. The van der Waals surface area contributed by atoms with E-state index < -0.39 is 0 Å². The Hall–Kier alpha value is -1.66. The SMILES string of the molecule is Cc1nc(C(=O)N2CC(N(C)C)CCc3cc(Br)ccc32)co1. The summed E-state index contributed by atoms with van der Waals surface area (Å²) in [7, 11) is 4.11. The van der Waals surface area contributed by atoms with E-state index in [2.05, 4.69) is 46.0 Å². The summed E-state index contributed by atoms with van der Waals surface area (Å²) in [5.41, 5.74) is 2.50. The van der Waals surface area contributed by atoms with E-state index in [9.17, 15) is 4.79 Å². The third-order valence-corrected chi connectivity index (χ3v) is 4.78. The topological polar surface area (TPSA) is 49.6 Å². The van der Waals surface area contributed by atoms with Crippen LogP contribution in [-0.2, 0) is 6.42 Å². The van der Waals surface area contributed by atoms with Gasteiger partial charge in [0.15, 0.2) is 11.6 Å². The van der Waals surface area contributed by atoms with Gasteiger partial charge in [0.05, 0.1) is 0 Å². The zero-order chi connectivity index (χ0) is 16.6. The predicted octanol–water partition coefficient (Wildman–Crippen LogP) is 3.27. The minimum Gasteiger partial charge on any atom is -0.448 e. The zero-order valence-corrected chi connectivity index (χ0v) is 15.1. The van der Waals surface area contributed by atoms with E-state index in [1.54, 1.807) is 6.92 Å². The van der Waals surface area contributed by atoms with E-state index in [4.69, 9.17) is 4.42 Å². The molecule has 1 aromatic heterocycles. The number of likely N-dealkylation sites (N-methyl/N-ethyl adjacent to an activating group) is 1. The maximum Gasteiger partial charge on any atom is 0.280 e. The van der Waals surface area contributed by atoms with Gasteiger partial charge in [-0.3, -0.25) is 4.79 Å². The fraction of sp³-hybridized carbons (Fsp3) is 0.412. The van der Waals surface area contributed by atoms with Gasteiger partial charge in [-0.15, -0.1) is 0 Å². The van der Waals surface area contributed by atoms with Gasteiger partial charge in [0.25, 0.3) is 5.91 Å². The van der Waals surface area contributed by atoms with Crippen LogP contribution in [0.2, 0.25) is 0 Å². The van der Waals surface area contributed by atoms with Crippen molar-refractivity contribution in [2.24, 2.45) is 0 Å². The molecule has 1 aliphatic rings. The van der Waals surface area contributed by atoms with Crippen molar-refractivity contribution in [1.82, 2.24) is 9.88 Å². The molecule has 6 heteroatoms. The molecular formula is C17H20BrN3O2. The summed E-state index contributed by atoms with van der Waals surface area (Å²) in [4.78, 5) is 21.2. The summed E-state index contributed by atoms with van der Waals surface area (Å²) in [6.45, 7) is 2.39. The highest BCUT2D eigenvalue weighted by Gasteiger charge is 2.29. The fourth-order valence-corrected chi connectivity index (χ4v) is 3.36. The number of hydrogen-bond donors (Lipinski definition) is 0. The molecule has 0 saturated heterocycles. The Kier molecular flexibility index (Phi) is 4.55. The Balaban J connectivity index is 2.02. The molecule has 3 rings (SSSR count). The number of carbonyl (C=O) groups excluding carboxylic acids is 1. The second kappa shape index (κ2) is 6.45. The highest BCUT2D eigenvalue weighted by molar-refractivity contribution is 9.10. The van der Waals surface area contributed by atoms with Crippen molar-refractivity contribution in [1.29, 1.82) is 0 Å². The molecule has 2 heterocycles. The number of halogens is 1. The average molecular weight is 378 g/mol. The van der Waals surface area contributed by atoms with Crippen LogP contribution in [0.5, 0.6) is 0 Å². The third-order valence-electron chi connectivity index (χ3n) is 4.29. The summed E-state index contributed by atoms with van der Waals surface area (Å²) < 4.78 is 6.24. The number of aryl methyl sites for hydroxylation is 2. The first kappa shape index (κ1) is 16.2. The first-order chi connectivity index (χ1) is 11.0. The molecule has 0 bridgehead atoms. The van der Waals surface area contributed by atoms with E-state index in [1.165, 1.54) is 11.8 Å². The Morgan fingerprint density at radius 3 is 2.87 bits per heavy atom. The molecule has 0 N–H and O–H groups in total. The number of nitrogens with zero attached hydrogens (tertiary/aromatic N) is 3. The minimum atomic E-state index is -0.112. The Morgan fingerprint density at radius 1 is 1.43 bits per heavy atom. The summed E-state index contributed by atoms with van der Waals surface area (Å²) in [5, 5.41) is 0. The molecule has 0 fully saturated rings. The largest absolute Gasteiger partial charge is 0.448 e. The highest BCUT2D eigenvalue weighted by Crippen LogP contribution is 2.31. The predicted molar refractivity (Wildman–Crippen MR) is 92.9 cm³/mol. The first-order valence-electron chi connectivity index (χ1n) is 7.64. The van der Waals surface area contributed by atoms with Crippen molar-refractivity contribution in [3.8, 4) is 0 Å². The number of benzene rings is 1. The van der Waals surface area contributed by atoms with Gasteiger partial charge in [-0.1, -0.05) is 15.9 Å². The second-order valence-corrected chi connectivity index (χ2v) is 7.01. The molecule has 0 radical (unpaired) electrons. The summed E-state index contributed by atoms with van der Waals surface area (Å²) in [5.74, 6) is 0.391. The smallest absolute Gasteiger partial charge is 0.280 e. The lowest BCUT2D eigenvalue weighted by Crippen LogP contribution is -2.42. The molecular weight excluding hydrogens is 358 g/mol. The monoisotopic (exact) mass is 377 g/mol. The summed E-state index contributed by atoms with van der Waals surface area (Å²) in [6, 6.07) is 6.38. The van der Waals surface area contributed by atoms with Crippen molar-refractivity contribution < 1.29 is 9.21 Å². The summed E-state index contributed by atoms with van der Waals surface area (Å²) in [6.07, 6.45) is 3.39. The van der Waals surface area contributed by atoms with Gasteiger partial charge in [0, 0.05) is 29.7 Å². The third kappa shape index (κ3) is 3.33. The Labute approximate surface area is 144 Å². The molecule has 122 valence electrons. The van der Waals surface area contributed by atoms with Gasteiger partial charge in [-0.05, 0) is 50.7 Å². The van der Waals surface area contributed by atoms with Crippen LogP contribution >= 0.6 is 15.9 Å². The lowest BCUT2D eigenvalue weighted by molar-refractivity contribution is 0.0975. The van der Waals surface area contributed by atoms with E-state index >= 15 is 0 Å². The van der Waals surface area contributed by atoms with E-state index in [0.29, 0.717) is 24.2 Å². The van der Waals surface area contributed by atoms with Crippen molar-refractivity contribution in [3.63, 3.8) is 0 Å². The molecule has 1 amide bonds. The lowest BCUT2D eigenvalue weighted by atomic mass is 10.1. The maximum absolute atomic E-state index is 13.0. The van der Waals surface area contributed by atoms with Crippen molar-refractivity contribution in [3.05, 3.63) is 46.1 Å². The minimum absolute atomic E-state index is 0.112. The molecule has 0 spiro atoms. The van der Waals surface area contributed by atoms with Crippen LogP contribution in [0.3, 0.4) is 0 Å². The molecule has 1 atom stereocenters. The van der Waals surface area contributed by atoms with Crippen molar-refractivity contribution >= 4 is 27.5 Å². The van der Waals surface area contributed by atoms with E-state index in [0.717, 1.165) is 23.0 Å². The molecule has 1 aromatic carbocycles. The van der Waals surface area contributed by atoms with E-state index in [1.807, 2.05) is 17.0 Å². The van der Waals surface area contributed by atoms with Crippen LogP contribution in [-0.4, -0.2) is 42.5 Å². The van der Waals surface area contributed by atoms with Crippen LogP contribution in [0.1, 0.15) is 28.4 Å². The zero-order valence-electron chi connectivity index (χ0n) is 13.5. The lowest BCUT2D eigenvalue weighted by Gasteiger charge is -2.28. The molecule has 0 aliphatic carbocycles. The number of anilines is 1. The number of amides is 1. The molecule has 23 heavy (non-hydrogen) atoms. The van der Waals surface area contributed by atoms with Gasteiger partial charge < -0.3 is 14.2 Å². The molecule has 2 aromatic rings. The van der Waals surface area contributed by atoms with Gasteiger partial charge in [0.2, 0.25) is 0 Å². The Morgan fingerprint density at radius 2 is 2.22 bits per heavy atom. The van der Waals surface area contributed by atoms with Crippen molar-refractivity contribution in [2.75, 3.05) is 25.5 Å². The summed E-state index contributed by atoms with van der Waals surface area (Å²) >= 11 is 3.52. The number of rotatable bonds is 2. The van der Waals surface area contributed by atoms with Gasteiger partial charge in [-0.25, -0.2) is 4.98 Å². The maximum atomic E-state index is 13.0. The number of oxazole rings is 1. The van der Waals surface area contributed by atoms with Gasteiger partial charge >= 0.3 is 0 Å². The molecule has 0 saturated carbocycles. The quantitative estimate of drug-likeness (QED) is 0.805. The van der Waals surface area contributed by atoms with Gasteiger partial charge in [0.1, 0.15) is 6.26 Å². The van der Waals surface area contributed by atoms with Crippen LogP contribution in [0.25, 0.3) is 0 Å². The first-order valence-corrected chi connectivity index (χ1v) is 8.44.